The minimum atomic E-state index is -3.64. The van der Waals surface area contributed by atoms with Crippen LogP contribution in [0.5, 0.6) is 0 Å². The summed E-state index contributed by atoms with van der Waals surface area (Å²) in [6.45, 7) is 3.32. The van der Waals surface area contributed by atoms with Crippen molar-refractivity contribution in [2.75, 3.05) is 5.75 Å². The molecule has 0 heterocycles. The van der Waals surface area contributed by atoms with E-state index in [-0.39, 0.29) is 11.7 Å². The number of sulfonamides is 1. The summed E-state index contributed by atoms with van der Waals surface area (Å²) in [5.41, 5.74) is 0.870. The smallest absolute Gasteiger partial charge is 0.321 e. The lowest BCUT2D eigenvalue weighted by atomic mass is 10.1. The zero-order valence-electron chi connectivity index (χ0n) is 11.3. The molecule has 5 nitrogen and oxygen atoms in total. The quantitative estimate of drug-likeness (QED) is 0.776. The maximum absolute atomic E-state index is 11.9. The topological polar surface area (TPSA) is 83.5 Å². The summed E-state index contributed by atoms with van der Waals surface area (Å²) in [4.78, 5) is 11.0. The van der Waals surface area contributed by atoms with Crippen molar-refractivity contribution >= 4 is 31.9 Å². The van der Waals surface area contributed by atoms with Gasteiger partial charge in [0.2, 0.25) is 10.0 Å². The van der Waals surface area contributed by atoms with Crippen LogP contribution in [0.4, 0.5) is 0 Å². The van der Waals surface area contributed by atoms with E-state index in [1.807, 2.05) is 24.3 Å². The third-order valence-corrected chi connectivity index (χ3v) is 4.97. The van der Waals surface area contributed by atoms with Gasteiger partial charge in [-0.1, -0.05) is 48.0 Å². The van der Waals surface area contributed by atoms with Crippen LogP contribution in [0.2, 0.25) is 0 Å². The number of carboxylic acid groups (broad SMARTS) is 1. The molecule has 0 aliphatic heterocycles. The molecule has 20 heavy (non-hydrogen) atoms. The van der Waals surface area contributed by atoms with Gasteiger partial charge in [0.05, 0.1) is 5.75 Å². The van der Waals surface area contributed by atoms with Crippen molar-refractivity contribution in [1.29, 1.82) is 0 Å². The van der Waals surface area contributed by atoms with Crippen LogP contribution in [-0.4, -0.2) is 31.3 Å². The van der Waals surface area contributed by atoms with Crippen LogP contribution >= 0.6 is 15.9 Å². The Bertz CT molecular complexity index is 571. The normalized spacial score (nSPS) is 13.4. The Morgan fingerprint density at radius 1 is 1.35 bits per heavy atom. The van der Waals surface area contributed by atoms with Crippen LogP contribution in [-0.2, 0) is 21.2 Å². The first-order chi connectivity index (χ1) is 9.23. The fourth-order valence-electron chi connectivity index (χ4n) is 1.67. The molecular formula is C13H18BrNO4S. The van der Waals surface area contributed by atoms with E-state index in [0.29, 0.717) is 6.42 Å². The highest BCUT2D eigenvalue weighted by molar-refractivity contribution is 9.10. The molecule has 0 amide bonds. The largest absolute Gasteiger partial charge is 0.480 e. The summed E-state index contributed by atoms with van der Waals surface area (Å²) in [6.07, 6.45) is 0.321. The van der Waals surface area contributed by atoms with Crippen LogP contribution in [0, 0.1) is 5.92 Å². The molecule has 0 saturated carbocycles. The predicted molar refractivity (Wildman–Crippen MR) is 81.0 cm³/mol. The second-order valence-electron chi connectivity index (χ2n) is 4.84. The highest BCUT2D eigenvalue weighted by atomic mass is 79.9. The second-order valence-corrected chi connectivity index (χ2v) is 7.57. The van der Waals surface area contributed by atoms with E-state index in [1.165, 1.54) is 0 Å². The molecule has 1 aromatic carbocycles. The molecular weight excluding hydrogens is 346 g/mol. The molecule has 0 aliphatic rings. The zero-order chi connectivity index (χ0) is 15.3. The Labute approximate surface area is 127 Å². The number of benzene rings is 1. The minimum absolute atomic E-state index is 0.147. The van der Waals surface area contributed by atoms with Crippen LogP contribution in [0.3, 0.4) is 0 Å². The molecule has 0 bridgehead atoms. The van der Waals surface area contributed by atoms with Crippen molar-refractivity contribution < 1.29 is 18.3 Å². The van der Waals surface area contributed by atoms with Crippen LogP contribution in [0.15, 0.2) is 28.7 Å². The molecule has 0 aromatic heterocycles. The van der Waals surface area contributed by atoms with E-state index in [0.717, 1.165) is 10.0 Å². The number of carbonyl (C=O) groups is 1. The van der Waals surface area contributed by atoms with Crippen LogP contribution < -0.4 is 4.72 Å². The lowest BCUT2D eigenvalue weighted by molar-refractivity contribution is -0.140. The van der Waals surface area contributed by atoms with E-state index in [9.17, 15) is 13.2 Å². The maximum atomic E-state index is 11.9. The molecule has 0 unspecified atom stereocenters. The fourth-order valence-corrected chi connectivity index (χ4v) is 3.52. The number of aryl methyl sites for hydroxylation is 1. The van der Waals surface area contributed by atoms with E-state index >= 15 is 0 Å². The van der Waals surface area contributed by atoms with Crippen molar-refractivity contribution in [2.24, 2.45) is 5.92 Å². The maximum Gasteiger partial charge on any atom is 0.321 e. The molecule has 112 valence electrons. The third-order valence-electron chi connectivity index (χ3n) is 2.84. The standard InChI is InChI=1S/C13H18BrNO4S/c1-9(2)12(13(16)17)15-20(18,19)8-7-10-5-3-4-6-11(10)14/h3-6,9,12,15H,7-8H2,1-2H3,(H,16,17)/t12-/m0/s1. The molecule has 7 heteroatoms. The monoisotopic (exact) mass is 363 g/mol. The number of aliphatic carboxylic acids is 1. The van der Waals surface area contributed by atoms with E-state index < -0.39 is 22.0 Å². The average Bonchev–Trinajstić information content (AvgIpc) is 2.34. The van der Waals surface area contributed by atoms with Gasteiger partial charge < -0.3 is 5.11 Å². The lowest BCUT2D eigenvalue weighted by Crippen LogP contribution is -2.45. The number of halogens is 1. The van der Waals surface area contributed by atoms with Gasteiger partial charge in [-0.2, -0.15) is 0 Å². The van der Waals surface area contributed by atoms with Crippen LogP contribution in [0.25, 0.3) is 0 Å². The number of hydrogen-bond donors (Lipinski definition) is 2. The SMILES string of the molecule is CC(C)[C@H](NS(=O)(=O)CCc1ccccc1Br)C(=O)O. The molecule has 0 aliphatic carbocycles. The predicted octanol–water partition coefficient (Wildman–Crippen LogP) is 2.02. The summed E-state index contributed by atoms with van der Waals surface area (Å²) in [5, 5.41) is 9.00. The van der Waals surface area contributed by atoms with Gasteiger partial charge in [-0.3, -0.25) is 4.79 Å². The van der Waals surface area contributed by atoms with Crippen LogP contribution in [0.1, 0.15) is 19.4 Å². The highest BCUT2D eigenvalue weighted by Crippen LogP contribution is 2.17. The van der Waals surface area contributed by atoms with Gasteiger partial charge in [0.15, 0.2) is 0 Å². The van der Waals surface area contributed by atoms with Gasteiger partial charge in [-0.25, -0.2) is 13.1 Å². The van der Waals surface area contributed by atoms with Crippen molar-refractivity contribution in [3.63, 3.8) is 0 Å². The molecule has 0 fully saturated rings. The van der Waals surface area contributed by atoms with Gasteiger partial charge in [-0.15, -0.1) is 0 Å². The number of nitrogens with one attached hydrogen (secondary N) is 1. The van der Waals surface area contributed by atoms with E-state index in [4.69, 9.17) is 5.11 Å². The summed E-state index contributed by atoms with van der Waals surface area (Å²) >= 11 is 3.35. The Hall–Kier alpha value is -0.920. The highest BCUT2D eigenvalue weighted by Gasteiger charge is 2.26. The van der Waals surface area contributed by atoms with E-state index in [2.05, 4.69) is 20.7 Å². The Kier molecular flexibility index (Phi) is 6.16. The minimum Gasteiger partial charge on any atom is -0.480 e. The summed E-state index contributed by atoms with van der Waals surface area (Å²) in [6, 6.07) is 6.24. The number of carboxylic acids is 1. The van der Waals surface area contributed by atoms with Gasteiger partial charge in [0.1, 0.15) is 6.04 Å². The Morgan fingerprint density at radius 2 is 1.95 bits per heavy atom. The van der Waals surface area contributed by atoms with Gasteiger partial charge in [0, 0.05) is 4.47 Å². The van der Waals surface area contributed by atoms with Gasteiger partial charge >= 0.3 is 5.97 Å². The molecule has 1 atom stereocenters. The summed E-state index contributed by atoms with van der Waals surface area (Å²) < 4.78 is 27.0. The fraction of sp³-hybridized carbons (Fsp3) is 0.462. The molecule has 2 N–H and O–H groups in total. The molecule has 1 rings (SSSR count). The molecule has 0 saturated heterocycles. The van der Waals surface area contributed by atoms with Crippen molar-refractivity contribution in [3.8, 4) is 0 Å². The van der Waals surface area contributed by atoms with Gasteiger partial charge in [-0.05, 0) is 24.0 Å². The zero-order valence-corrected chi connectivity index (χ0v) is 13.7. The average molecular weight is 364 g/mol. The molecule has 0 radical (unpaired) electrons. The van der Waals surface area contributed by atoms with Crippen molar-refractivity contribution in [3.05, 3.63) is 34.3 Å². The molecule has 1 aromatic rings. The van der Waals surface area contributed by atoms with Gasteiger partial charge in [0.25, 0.3) is 0 Å². The number of rotatable bonds is 7. The Balaban J connectivity index is 2.71. The first-order valence-electron chi connectivity index (χ1n) is 6.19. The lowest BCUT2D eigenvalue weighted by Gasteiger charge is -2.18. The first-order valence-corrected chi connectivity index (χ1v) is 8.63. The third kappa shape index (κ3) is 5.22. The first kappa shape index (κ1) is 17.1. The summed E-state index contributed by atoms with van der Waals surface area (Å²) in [7, 11) is -3.64. The van der Waals surface area contributed by atoms with Crippen molar-refractivity contribution in [1.82, 2.24) is 4.72 Å². The number of hydrogen-bond acceptors (Lipinski definition) is 3. The summed E-state index contributed by atoms with van der Waals surface area (Å²) in [5.74, 6) is -1.62. The Morgan fingerprint density at radius 3 is 2.45 bits per heavy atom. The second kappa shape index (κ2) is 7.19. The van der Waals surface area contributed by atoms with Crippen molar-refractivity contribution in [2.45, 2.75) is 26.3 Å². The van der Waals surface area contributed by atoms with E-state index in [1.54, 1.807) is 13.8 Å². The molecule has 0 spiro atoms.